The lowest BCUT2D eigenvalue weighted by atomic mass is 10.0. The Bertz CT molecular complexity index is 605. The maximum absolute atomic E-state index is 3.49. The van der Waals surface area contributed by atoms with Gasteiger partial charge in [0.2, 0.25) is 0 Å². The van der Waals surface area contributed by atoms with Crippen LogP contribution in [0.2, 0.25) is 0 Å². The van der Waals surface area contributed by atoms with Crippen molar-refractivity contribution in [3.05, 3.63) is 47.2 Å². The van der Waals surface area contributed by atoms with Crippen molar-refractivity contribution in [3.8, 4) is 0 Å². The number of hydrogen-bond acceptors (Lipinski definition) is 1. The minimum absolute atomic E-state index is 0.991. The van der Waals surface area contributed by atoms with E-state index in [9.17, 15) is 0 Å². The molecule has 3 rings (SSSR count). The van der Waals surface area contributed by atoms with Gasteiger partial charge in [-0.2, -0.15) is 0 Å². The standard InChI is InChI=1S/C16H20N2/c1-3-4-9-18-15-6-5-12(2)10-13(15)14-11-17-8-7-16(14)18/h3-6,10,17H,7-9,11H2,1-2H3/b4-3-. The van der Waals surface area contributed by atoms with Crippen LogP contribution >= 0.6 is 0 Å². The van der Waals surface area contributed by atoms with Crippen molar-refractivity contribution in [1.29, 1.82) is 0 Å². The summed E-state index contributed by atoms with van der Waals surface area (Å²) in [6, 6.07) is 6.81. The molecule has 0 fully saturated rings. The molecule has 0 radical (unpaired) electrons. The van der Waals surface area contributed by atoms with Crippen molar-refractivity contribution in [1.82, 2.24) is 9.88 Å². The molecule has 2 nitrogen and oxygen atoms in total. The molecule has 1 aliphatic heterocycles. The summed E-state index contributed by atoms with van der Waals surface area (Å²) in [4.78, 5) is 0. The van der Waals surface area contributed by atoms with Crippen molar-refractivity contribution < 1.29 is 0 Å². The second kappa shape index (κ2) is 4.62. The topological polar surface area (TPSA) is 17.0 Å². The minimum Gasteiger partial charge on any atom is -0.340 e. The van der Waals surface area contributed by atoms with Crippen molar-refractivity contribution in [3.63, 3.8) is 0 Å². The van der Waals surface area contributed by atoms with Gasteiger partial charge in [-0.05, 0) is 31.5 Å². The summed E-state index contributed by atoms with van der Waals surface area (Å²) in [7, 11) is 0. The molecule has 2 aromatic rings. The van der Waals surface area contributed by atoms with E-state index >= 15 is 0 Å². The van der Waals surface area contributed by atoms with Crippen LogP contribution in [-0.2, 0) is 19.5 Å². The molecule has 0 aliphatic carbocycles. The largest absolute Gasteiger partial charge is 0.340 e. The average Bonchev–Trinajstić information content (AvgIpc) is 2.70. The number of hydrogen-bond donors (Lipinski definition) is 1. The first-order chi connectivity index (χ1) is 8.81. The van der Waals surface area contributed by atoms with Crippen LogP contribution in [0.4, 0.5) is 0 Å². The van der Waals surface area contributed by atoms with E-state index in [1.165, 1.54) is 27.7 Å². The lowest BCUT2D eigenvalue weighted by molar-refractivity contribution is 0.614. The Morgan fingerprint density at radius 3 is 3.11 bits per heavy atom. The fourth-order valence-corrected chi connectivity index (χ4v) is 2.91. The maximum Gasteiger partial charge on any atom is 0.0489 e. The van der Waals surface area contributed by atoms with E-state index in [2.05, 4.69) is 54.1 Å². The predicted molar refractivity (Wildman–Crippen MR) is 76.9 cm³/mol. The van der Waals surface area contributed by atoms with Crippen molar-refractivity contribution in [2.24, 2.45) is 0 Å². The number of nitrogens with one attached hydrogen (secondary N) is 1. The highest BCUT2D eigenvalue weighted by Gasteiger charge is 2.18. The molecule has 1 N–H and O–H groups in total. The van der Waals surface area contributed by atoms with E-state index in [0.717, 1.165) is 26.1 Å². The zero-order valence-corrected chi connectivity index (χ0v) is 11.2. The highest BCUT2D eigenvalue weighted by atomic mass is 15.0. The molecule has 1 aliphatic rings. The van der Waals surface area contributed by atoms with Crippen LogP contribution in [-0.4, -0.2) is 11.1 Å². The highest BCUT2D eigenvalue weighted by Crippen LogP contribution is 2.29. The van der Waals surface area contributed by atoms with Gasteiger partial charge in [0.25, 0.3) is 0 Å². The highest BCUT2D eigenvalue weighted by molar-refractivity contribution is 5.86. The third-order valence-electron chi connectivity index (χ3n) is 3.81. The van der Waals surface area contributed by atoms with Crippen LogP contribution in [0.25, 0.3) is 10.9 Å². The minimum atomic E-state index is 0.991. The van der Waals surface area contributed by atoms with Gasteiger partial charge in [0.05, 0.1) is 0 Å². The lowest BCUT2D eigenvalue weighted by Gasteiger charge is -2.16. The van der Waals surface area contributed by atoms with Crippen LogP contribution < -0.4 is 5.32 Å². The predicted octanol–water partition coefficient (Wildman–Crippen LogP) is 3.17. The number of rotatable bonds is 2. The Balaban J connectivity index is 2.25. The van der Waals surface area contributed by atoms with Crippen LogP contribution in [0.15, 0.2) is 30.4 Å². The third-order valence-corrected chi connectivity index (χ3v) is 3.81. The van der Waals surface area contributed by atoms with E-state index in [1.807, 2.05) is 0 Å². The van der Waals surface area contributed by atoms with E-state index in [0.29, 0.717) is 0 Å². The maximum atomic E-state index is 3.49. The van der Waals surface area contributed by atoms with Gasteiger partial charge in [0.1, 0.15) is 0 Å². The Hall–Kier alpha value is -1.54. The van der Waals surface area contributed by atoms with Gasteiger partial charge < -0.3 is 9.88 Å². The van der Waals surface area contributed by atoms with Crippen LogP contribution in [0.5, 0.6) is 0 Å². The van der Waals surface area contributed by atoms with Gasteiger partial charge in [0, 0.05) is 42.7 Å². The molecule has 0 spiro atoms. The number of aromatic nitrogens is 1. The molecule has 94 valence electrons. The number of benzene rings is 1. The fourth-order valence-electron chi connectivity index (χ4n) is 2.91. The Kier molecular flexibility index (Phi) is 2.96. The second-order valence-electron chi connectivity index (χ2n) is 5.05. The Morgan fingerprint density at radius 2 is 2.28 bits per heavy atom. The van der Waals surface area contributed by atoms with Crippen LogP contribution in [0.3, 0.4) is 0 Å². The average molecular weight is 240 g/mol. The molecule has 0 saturated carbocycles. The molecule has 0 saturated heterocycles. The quantitative estimate of drug-likeness (QED) is 0.798. The lowest BCUT2D eigenvalue weighted by Crippen LogP contribution is -2.24. The normalized spacial score (nSPS) is 15.4. The molecule has 2 heteroatoms. The number of aryl methyl sites for hydroxylation is 1. The van der Waals surface area contributed by atoms with Gasteiger partial charge in [-0.3, -0.25) is 0 Å². The summed E-state index contributed by atoms with van der Waals surface area (Å²) in [6.45, 7) is 7.36. The van der Waals surface area contributed by atoms with Gasteiger partial charge >= 0.3 is 0 Å². The summed E-state index contributed by atoms with van der Waals surface area (Å²) >= 11 is 0. The molecule has 0 bridgehead atoms. The van der Waals surface area contributed by atoms with Gasteiger partial charge in [-0.1, -0.05) is 23.8 Å². The summed E-state index contributed by atoms with van der Waals surface area (Å²) in [6.07, 6.45) is 5.51. The SMILES string of the molecule is C/C=C\Cn1c2c(c3cc(C)ccc31)CNCC2. The molecule has 0 amide bonds. The molecule has 0 atom stereocenters. The smallest absolute Gasteiger partial charge is 0.0489 e. The molecule has 0 unspecified atom stereocenters. The van der Waals surface area contributed by atoms with Gasteiger partial charge in [-0.25, -0.2) is 0 Å². The molecule has 1 aromatic heterocycles. The van der Waals surface area contributed by atoms with E-state index in [1.54, 1.807) is 0 Å². The monoisotopic (exact) mass is 240 g/mol. The summed E-state index contributed by atoms with van der Waals surface area (Å²) in [5.74, 6) is 0. The van der Waals surface area contributed by atoms with Crippen molar-refractivity contribution in [2.75, 3.05) is 6.54 Å². The molecular formula is C16H20N2. The first-order valence-electron chi connectivity index (χ1n) is 6.73. The Labute approximate surface area is 108 Å². The van der Waals surface area contributed by atoms with Crippen molar-refractivity contribution >= 4 is 10.9 Å². The zero-order valence-electron chi connectivity index (χ0n) is 11.2. The molecule has 2 heterocycles. The van der Waals surface area contributed by atoms with Gasteiger partial charge in [-0.15, -0.1) is 0 Å². The first kappa shape index (κ1) is 11.5. The van der Waals surface area contributed by atoms with E-state index in [-0.39, 0.29) is 0 Å². The zero-order chi connectivity index (χ0) is 12.5. The van der Waals surface area contributed by atoms with E-state index < -0.39 is 0 Å². The van der Waals surface area contributed by atoms with Crippen LogP contribution in [0.1, 0.15) is 23.7 Å². The third kappa shape index (κ3) is 1.77. The summed E-state index contributed by atoms with van der Waals surface area (Å²) in [5, 5.41) is 4.92. The van der Waals surface area contributed by atoms with Crippen molar-refractivity contribution in [2.45, 2.75) is 33.4 Å². The first-order valence-corrected chi connectivity index (χ1v) is 6.73. The fraction of sp³-hybridized carbons (Fsp3) is 0.375. The molecule has 1 aromatic carbocycles. The summed E-state index contributed by atoms with van der Waals surface area (Å²) in [5.41, 5.74) is 5.75. The molecule has 18 heavy (non-hydrogen) atoms. The second-order valence-corrected chi connectivity index (χ2v) is 5.05. The number of allylic oxidation sites excluding steroid dienone is 2. The Morgan fingerprint density at radius 1 is 1.39 bits per heavy atom. The van der Waals surface area contributed by atoms with Crippen LogP contribution in [0, 0.1) is 6.92 Å². The van der Waals surface area contributed by atoms with E-state index in [4.69, 9.17) is 0 Å². The summed E-state index contributed by atoms with van der Waals surface area (Å²) < 4.78 is 2.48. The van der Waals surface area contributed by atoms with Gasteiger partial charge in [0.15, 0.2) is 0 Å². The number of nitrogens with zero attached hydrogens (tertiary/aromatic N) is 1. The number of fused-ring (bicyclic) bond motifs is 3. The molecular weight excluding hydrogens is 220 g/mol.